The van der Waals surface area contributed by atoms with E-state index in [0.29, 0.717) is 18.3 Å². The Hall–Kier alpha value is -0.390. The Labute approximate surface area is 90.1 Å². The molecule has 0 unspecified atom stereocenters. The molecule has 1 rings (SSSR count). The highest BCUT2D eigenvalue weighted by Crippen LogP contribution is 2.24. The number of ether oxygens (including phenoxy) is 2. The topological polar surface area (TPSA) is 56.5 Å². The van der Waals surface area contributed by atoms with Crippen molar-refractivity contribution in [2.75, 3.05) is 19.8 Å². The standard InChI is InChI=1S/C9H18N2O2S/c1-9(12-6-7-13-9)4-2-3-5-11-8(10)14/h2-7H2,1H3,(H3,10,11,14). The van der Waals surface area contributed by atoms with Crippen molar-refractivity contribution >= 4 is 17.3 Å². The van der Waals surface area contributed by atoms with Gasteiger partial charge in [-0.25, -0.2) is 0 Å². The van der Waals surface area contributed by atoms with E-state index in [1.165, 1.54) is 0 Å². The van der Waals surface area contributed by atoms with Gasteiger partial charge in [-0.3, -0.25) is 0 Å². The minimum absolute atomic E-state index is 0.358. The lowest BCUT2D eigenvalue weighted by Crippen LogP contribution is -2.30. The maximum atomic E-state index is 5.47. The number of nitrogens with one attached hydrogen (secondary N) is 1. The number of nitrogens with two attached hydrogens (primary N) is 1. The molecule has 82 valence electrons. The Balaban J connectivity index is 2.00. The fraction of sp³-hybridized carbons (Fsp3) is 0.889. The van der Waals surface area contributed by atoms with Gasteiger partial charge in [-0.2, -0.15) is 0 Å². The second kappa shape index (κ2) is 5.48. The lowest BCUT2D eigenvalue weighted by Gasteiger charge is -2.21. The van der Waals surface area contributed by atoms with Gasteiger partial charge >= 0.3 is 0 Å². The van der Waals surface area contributed by atoms with Crippen molar-refractivity contribution in [3.8, 4) is 0 Å². The van der Waals surface area contributed by atoms with Crippen LogP contribution in [0.3, 0.4) is 0 Å². The fourth-order valence-corrected chi connectivity index (χ4v) is 1.59. The molecule has 1 aliphatic rings. The van der Waals surface area contributed by atoms with E-state index in [0.717, 1.165) is 25.8 Å². The molecule has 0 radical (unpaired) electrons. The van der Waals surface area contributed by atoms with Gasteiger partial charge in [0.1, 0.15) is 0 Å². The summed E-state index contributed by atoms with van der Waals surface area (Å²) < 4.78 is 10.9. The van der Waals surface area contributed by atoms with Crippen molar-refractivity contribution < 1.29 is 9.47 Å². The smallest absolute Gasteiger partial charge is 0.165 e. The zero-order chi connectivity index (χ0) is 10.4. The van der Waals surface area contributed by atoms with Crippen LogP contribution in [0.2, 0.25) is 0 Å². The molecule has 1 aliphatic heterocycles. The van der Waals surface area contributed by atoms with E-state index in [4.69, 9.17) is 27.4 Å². The van der Waals surface area contributed by atoms with Crippen LogP contribution in [0.4, 0.5) is 0 Å². The molecule has 0 saturated carbocycles. The van der Waals surface area contributed by atoms with Gasteiger partial charge < -0.3 is 20.5 Å². The number of hydrogen-bond donors (Lipinski definition) is 2. The van der Waals surface area contributed by atoms with E-state index in [1.54, 1.807) is 0 Å². The average molecular weight is 218 g/mol. The number of thiocarbonyl (C=S) groups is 1. The van der Waals surface area contributed by atoms with Gasteiger partial charge in [0.2, 0.25) is 0 Å². The van der Waals surface area contributed by atoms with Gasteiger partial charge in [0.25, 0.3) is 0 Å². The summed E-state index contributed by atoms with van der Waals surface area (Å²) in [6, 6.07) is 0. The van der Waals surface area contributed by atoms with Crippen molar-refractivity contribution in [2.45, 2.75) is 32.0 Å². The third-order valence-corrected chi connectivity index (χ3v) is 2.40. The Kier molecular flexibility index (Phi) is 4.57. The predicted molar refractivity (Wildman–Crippen MR) is 58.9 cm³/mol. The van der Waals surface area contributed by atoms with Gasteiger partial charge in [-0.05, 0) is 32.0 Å². The van der Waals surface area contributed by atoms with Crippen molar-refractivity contribution in [3.63, 3.8) is 0 Å². The van der Waals surface area contributed by atoms with Gasteiger partial charge in [0, 0.05) is 13.0 Å². The second-order valence-corrected chi connectivity index (χ2v) is 4.02. The molecule has 0 aliphatic carbocycles. The highest BCUT2D eigenvalue weighted by molar-refractivity contribution is 7.80. The van der Waals surface area contributed by atoms with Gasteiger partial charge in [0.05, 0.1) is 13.2 Å². The van der Waals surface area contributed by atoms with E-state index in [9.17, 15) is 0 Å². The summed E-state index contributed by atoms with van der Waals surface area (Å²) in [6.07, 6.45) is 3.00. The highest BCUT2D eigenvalue weighted by atomic mass is 32.1. The molecular formula is C9H18N2O2S. The molecule has 1 fully saturated rings. The first-order valence-corrected chi connectivity index (χ1v) is 5.34. The predicted octanol–water partition coefficient (Wildman–Crippen LogP) is 0.753. The molecule has 0 aromatic carbocycles. The van der Waals surface area contributed by atoms with Crippen LogP contribution in [0.1, 0.15) is 26.2 Å². The van der Waals surface area contributed by atoms with Crippen LogP contribution in [0, 0.1) is 0 Å². The fourth-order valence-electron chi connectivity index (χ4n) is 1.48. The monoisotopic (exact) mass is 218 g/mol. The zero-order valence-corrected chi connectivity index (χ0v) is 9.36. The van der Waals surface area contributed by atoms with Crippen molar-refractivity contribution in [1.82, 2.24) is 5.32 Å². The van der Waals surface area contributed by atoms with Crippen molar-refractivity contribution in [1.29, 1.82) is 0 Å². The van der Waals surface area contributed by atoms with E-state index in [-0.39, 0.29) is 5.79 Å². The van der Waals surface area contributed by atoms with Crippen LogP contribution in [0.15, 0.2) is 0 Å². The van der Waals surface area contributed by atoms with E-state index in [2.05, 4.69) is 5.32 Å². The van der Waals surface area contributed by atoms with Crippen LogP contribution in [-0.2, 0) is 9.47 Å². The number of rotatable bonds is 5. The lowest BCUT2D eigenvalue weighted by atomic mass is 10.1. The first-order valence-electron chi connectivity index (χ1n) is 4.94. The normalized spacial score (nSPS) is 19.5. The van der Waals surface area contributed by atoms with Gasteiger partial charge in [-0.15, -0.1) is 0 Å². The number of hydrogen-bond acceptors (Lipinski definition) is 3. The Bertz CT molecular complexity index is 193. The van der Waals surface area contributed by atoms with Crippen LogP contribution >= 0.6 is 12.2 Å². The molecule has 5 heteroatoms. The summed E-state index contributed by atoms with van der Waals surface area (Å²) in [7, 11) is 0. The van der Waals surface area contributed by atoms with E-state index < -0.39 is 0 Å². The molecular weight excluding hydrogens is 200 g/mol. The zero-order valence-electron chi connectivity index (χ0n) is 8.54. The van der Waals surface area contributed by atoms with Gasteiger partial charge in [0.15, 0.2) is 10.9 Å². The quantitative estimate of drug-likeness (QED) is 0.527. The first-order chi connectivity index (χ1) is 6.62. The summed E-state index contributed by atoms with van der Waals surface area (Å²) in [6.45, 7) is 4.23. The largest absolute Gasteiger partial charge is 0.376 e. The van der Waals surface area contributed by atoms with Crippen LogP contribution in [-0.4, -0.2) is 30.7 Å². The molecule has 0 amide bonds. The highest BCUT2D eigenvalue weighted by Gasteiger charge is 2.29. The summed E-state index contributed by atoms with van der Waals surface area (Å²) in [5.74, 6) is -0.358. The van der Waals surface area contributed by atoms with Crippen molar-refractivity contribution in [2.24, 2.45) is 5.73 Å². The van der Waals surface area contributed by atoms with Crippen molar-refractivity contribution in [3.05, 3.63) is 0 Å². The summed E-state index contributed by atoms with van der Waals surface area (Å²) in [5.41, 5.74) is 5.29. The van der Waals surface area contributed by atoms with E-state index >= 15 is 0 Å². The summed E-state index contributed by atoms with van der Waals surface area (Å²) in [5, 5.41) is 3.28. The van der Waals surface area contributed by atoms with Crippen LogP contribution in [0.5, 0.6) is 0 Å². The summed E-state index contributed by atoms with van der Waals surface area (Å²) in [4.78, 5) is 0. The van der Waals surface area contributed by atoms with Crippen LogP contribution < -0.4 is 11.1 Å². The third-order valence-electron chi connectivity index (χ3n) is 2.26. The molecule has 0 aromatic heterocycles. The van der Waals surface area contributed by atoms with Gasteiger partial charge in [-0.1, -0.05) is 0 Å². The maximum absolute atomic E-state index is 5.47. The molecule has 0 aromatic rings. The average Bonchev–Trinajstić information content (AvgIpc) is 2.51. The molecule has 3 N–H and O–H groups in total. The first kappa shape index (κ1) is 11.7. The molecule has 1 heterocycles. The SMILES string of the molecule is CC1(CCCCNC(N)=S)OCCO1. The number of unbranched alkanes of at least 4 members (excludes halogenated alkanes) is 1. The maximum Gasteiger partial charge on any atom is 0.165 e. The lowest BCUT2D eigenvalue weighted by molar-refractivity contribution is -0.147. The molecule has 1 saturated heterocycles. The second-order valence-electron chi connectivity index (χ2n) is 3.58. The Morgan fingerprint density at radius 1 is 1.43 bits per heavy atom. The molecule has 0 bridgehead atoms. The minimum atomic E-state index is -0.358. The molecule has 4 nitrogen and oxygen atoms in total. The minimum Gasteiger partial charge on any atom is -0.376 e. The molecule has 0 spiro atoms. The Morgan fingerprint density at radius 2 is 2.07 bits per heavy atom. The van der Waals surface area contributed by atoms with Crippen LogP contribution in [0.25, 0.3) is 0 Å². The molecule has 0 atom stereocenters. The summed E-state index contributed by atoms with van der Waals surface area (Å²) >= 11 is 4.69. The molecule has 14 heavy (non-hydrogen) atoms. The Morgan fingerprint density at radius 3 is 2.64 bits per heavy atom. The third kappa shape index (κ3) is 4.21. The van der Waals surface area contributed by atoms with E-state index in [1.807, 2.05) is 6.92 Å².